The van der Waals surface area contributed by atoms with Gasteiger partial charge in [0.2, 0.25) is 0 Å². The normalized spacial score (nSPS) is 14.0. The average molecular weight is 292 g/mol. The topological polar surface area (TPSA) is 41.6 Å². The highest BCUT2D eigenvalue weighted by molar-refractivity contribution is 5.82. The van der Waals surface area contributed by atoms with E-state index in [-0.39, 0.29) is 5.97 Å². The smallest absolute Gasteiger partial charge is 0.330 e. The first-order valence-corrected chi connectivity index (χ1v) is 7.69. The number of carbonyl (C=O) groups excluding carboxylic acids is 1. The van der Waals surface area contributed by atoms with Crippen molar-refractivity contribution in [2.75, 3.05) is 33.8 Å². The van der Waals surface area contributed by atoms with E-state index in [0.717, 1.165) is 31.6 Å². The Labute approximate surface area is 128 Å². The molecule has 0 radical (unpaired) electrons. The Kier molecular flexibility index (Phi) is 7.40. The van der Waals surface area contributed by atoms with Gasteiger partial charge in [0.25, 0.3) is 0 Å². The fraction of sp³-hybridized carbons (Fsp3) is 0.588. The molecule has 1 unspecified atom stereocenters. The van der Waals surface area contributed by atoms with Crippen molar-refractivity contribution in [2.45, 2.75) is 32.2 Å². The Morgan fingerprint density at radius 2 is 1.90 bits per heavy atom. The highest BCUT2D eigenvalue weighted by atomic mass is 16.5. The SMILES string of the molecule is CCCN(CC)CCC(NC)(C(=O)OC)c1ccccc1. The van der Waals surface area contributed by atoms with Crippen LogP contribution in [0.15, 0.2) is 30.3 Å². The number of esters is 1. The Morgan fingerprint density at radius 3 is 2.38 bits per heavy atom. The molecule has 0 aliphatic heterocycles. The van der Waals surface area contributed by atoms with Gasteiger partial charge in [-0.3, -0.25) is 0 Å². The third-order valence-corrected chi connectivity index (χ3v) is 4.02. The van der Waals surface area contributed by atoms with E-state index >= 15 is 0 Å². The van der Waals surface area contributed by atoms with Crippen molar-refractivity contribution in [3.8, 4) is 0 Å². The van der Waals surface area contributed by atoms with Gasteiger partial charge in [-0.25, -0.2) is 4.79 Å². The van der Waals surface area contributed by atoms with Gasteiger partial charge in [-0.2, -0.15) is 0 Å². The van der Waals surface area contributed by atoms with Gasteiger partial charge < -0.3 is 15.0 Å². The summed E-state index contributed by atoms with van der Waals surface area (Å²) in [7, 11) is 3.26. The lowest BCUT2D eigenvalue weighted by Crippen LogP contribution is -2.50. The van der Waals surface area contributed by atoms with Crippen LogP contribution in [0.1, 0.15) is 32.3 Å². The van der Waals surface area contributed by atoms with Crippen LogP contribution in [0.2, 0.25) is 0 Å². The second-order valence-corrected chi connectivity index (χ2v) is 5.20. The summed E-state index contributed by atoms with van der Waals surface area (Å²) in [6.07, 6.45) is 1.80. The second-order valence-electron chi connectivity index (χ2n) is 5.20. The molecule has 0 aromatic heterocycles. The molecule has 0 spiro atoms. The minimum atomic E-state index is -0.781. The largest absolute Gasteiger partial charge is 0.467 e. The van der Waals surface area contributed by atoms with E-state index in [1.54, 1.807) is 0 Å². The first-order valence-electron chi connectivity index (χ1n) is 7.69. The predicted octanol–water partition coefficient (Wildman–Crippen LogP) is 2.40. The summed E-state index contributed by atoms with van der Waals surface area (Å²) in [4.78, 5) is 14.8. The van der Waals surface area contributed by atoms with Crippen molar-refractivity contribution in [3.05, 3.63) is 35.9 Å². The van der Waals surface area contributed by atoms with Crippen LogP contribution in [0.5, 0.6) is 0 Å². The van der Waals surface area contributed by atoms with Gasteiger partial charge >= 0.3 is 5.97 Å². The first kappa shape index (κ1) is 17.7. The number of ether oxygens (including phenoxy) is 1. The summed E-state index contributed by atoms with van der Waals surface area (Å²) in [5, 5.41) is 3.20. The number of hydrogen-bond donors (Lipinski definition) is 1. The summed E-state index contributed by atoms with van der Waals surface area (Å²) in [5.74, 6) is -0.233. The van der Waals surface area contributed by atoms with E-state index in [1.807, 2.05) is 37.4 Å². The van der Waals surface area contributed by atoms with Gasteiger partial charge in [0.15, 0.2) is 0 Å². The number of nitrogens with zero attached hydrogens (tertiary/aromatic N) is 1. The molecule has 0 aliphatic rings. The maximum Gasteiger partial charge on any atom is 0.330 e. The van der Waals surface area contributed by atoms with Gasteiger partial charge in [-0.1, -0.05) is 44.2 Å². The van der Waals surface area contributed by atoms with Crippen LogP contribution in [0.3, 0.4) is 0 Å². The first-order chi connectivity index (χ1) is 10.1. The molecule has 1 rings (SSSR count). The summed E-state index contributed by atoms with van der Waals surface area (Å²) in [6, 6.07) is 9.81. The zero-order valence-corrected chi connectivity index (χ0v) is 13.7. The van der Waals surface area contributed by atoms with Gasteiger partial charge in [0.1, 0.15) is 5.54 Å². The van der Waals surface area contributed by atoms with Crippen LogP contribution in [0.4, 0.5) is 0 Å². The van der Waals surface area contributed by atoms with Crippen molar-refractivity contribution in [2.24, 2.45) is 0 Å². The Morgan fingerprint density at radius 1 is 1.24 bits per heavy atom. The molecule has 4 nitrogen and oxygen atoms in total. The van der Waals surface area contributed by atoms with E-state index in [1.165, 1.54) is 7.11 Å². The zero-order valence-electron chi connectivity index (χ0n) is 13.7. The van der Waals surface area contributed by atoms with Crippen LogP contribution >= 0.6 is 0 Å². The molecule has 21 heavy (non-hydrogen) atoms. The summed E-state index contributed by atoms with van der Waals surface area (Å²) < 4.78 is 5.07. The molecule has 1 aromatic carbocycles. The minimum absolute atomic E-state index is 0.233. The van der Waals surface area contributed by atoms with Crippen LogP contribution in [0.25, 0.3) is 0 Å². The minimum Gasteiger partial charge on any atom is -0.467 e. The van der Waals surface area contributed by atoms with Gasteiger partial charge in [0, 0.05) is 6.54 Å². The molecule has 0 saturated heterocycles. The molecule has 1 atom stereocenters. The number of rotatable bonds is 9. The third kappa shape index (κ3) is 4.29. The summed E-state index contributed by atoms with van der Waals surface area (Å²) >= 11 is 0. The highest BCUT2D eigenvalue weighted by Crippen LogP contribution is 2.26. The molecule has 4 heteroatoms. The van der Waals surface area contributed by atoms with Gasteiger partial charge in [-0.05, 0) is 38.5 Å². The summed E-state index contributed by atoms with van der Waals surface area (Å²) in [6.45, 7) is 7.22. The maximum atomic E-state index is 12.4. The van der Waals surface area contributed by atoms with Gasteiger partial charge in [-0.15, -0.1) is 0 Å². The van der Waals surface area contributed by atoms with Crippen LogP contribution < -0.4 is 5.32 Å². The molecular weight excluding hydrogens is 264 g/mol. The van der Waals surface area contributed by atoms with Crippen LogP contribution in [-0.4, -0.2) is 44.7 Å². The van der Waals surface area contributed by atoms with Crippen LogP contribution in [0, 0.1) is 0 Å². The van der Waals surface area contributed by atoms with E-state index in [2.05, 4.69) is 24.1 Å². The number of carbonyl (C=O) groups is 1. The average Bonchev–Trinajstić information content (AvgIpc) is 2.55. The standard InChI is InChI=1S/C17H28N2O2/c1-5-13-19(6-2)14-12-17(18-3,16(20)21-4)15-10-8-7-9-11-15/h7-11,18H,5-6,12-14H2,1-4H3. The Hall–Kier alpha value is -1.39. The third-order valence-electron chi connectivity index (χ3n) is 4.02. The highest BCUT2D eigenvalue weighted by Gasteiger charge is 2.39. The number of methoxy groups -OCH3 is 1. The van der Waals surface area contributed by atoms with Crippen LogP contribution in [-0.2, 0) is 15.1 Å². The lowest BCUT2D eigenvalue weighted by molar-refractivity contribution is -0.149. The van der Waals surface area contributed by atoms with E-state index in [4.69, 9.17) is 4.74 Å². The van der Waals surface area contributed by atoms with E-state index < -0.39 is 5.54 Å². The molecule has 0 fully saturated rings. The number of benzene rings is 1. The summed E-state index contributed by atoms with van der Waals surface area (Å²) in [5.41, 5.74) is 0.170. The zero-order chi connectivity index (χ0) is 15.7. The van der Waals surface area contributed by atoms with E-state index in [0.29, 0.717) is 6.42 Å². The second kappa shape index (κ2) is 8.80. The molecule has 0 saturated carbocycles. The maximum absolute atomic E-state index is 12.4. The number of likely N-dealkylation sites (N-methyl/N-ethyl adjacent to an activating group) is 1. The number of hydrogen-bond acceptors (Lipinski definition) is 4. The molecule has 118 valence electrons. The lowest BCUT2D eigenvalue weighted by atomic mass is 9.86. The molecule has 0 aliphatic carbocycles. The quantitative estimate of drug-likeness (QED) is 0.710. The predicted molar refractivity (Wildman–Crippen MR) is 86.2 cm³/mol. The lowest BCUT2D eigenvalue weighted by Gasteiger charge is -2.33. The van der Waals surface area contributed by atoms with Crippen molar-refractivity contribution in [1.29, 1.82) is 0 Å². The molecule has 0 heterocycles. The Bertz CT molecular complexity index is 422. The molecular formula is C17H28N2O2. The molecule has 0 amide bonds. The fourth-order valence-electron chi connectivity index (χ4n) is 2.70. The monoisotopic (exact) mass is 292 g/mol. The van der Waals surface area contributed by atoms with Crippen molar-refractivity contribution in [3.63, 3.8) is 0 Å². The fourth-order valence-corrected chi connectivity index (χ4v) is 2.70. The van der Waals surface area contributed by atoms with Crippen molar-refractivity contribution < 1.29 is 9.53 Å². The van der Waals surface area contributed by atoms with Crippen molar-refractivity contribution in [1.82, 2.24) is 10.2 Å². The van der Waals surface area contributed by atoms with E-state index in [9.17, 15) is 4.79 Å². The molecule has 1 N–H and O–H groups in total. The molecule has 0 bridgehead atoms. The van der Waals surface area contributed by atoms with Crippen molar-refractivity contribution >= 4 is 5.97 Å². The number of nitrogens with one attached hydrogen (secondary N) is 1. The Balaban J connectivity index is 2.99. The van der Waals surface area contributed by atoms with Gasteiger partial charge in [0.05, 0.1) is 7.11 Å². The molecule has 1 aromatic rings.